The Kier molecular flexibility index (Phi) is 6.62. The molecule has 2 atom stereocenters. The molecule has 1 aliphatic heterocycles. The van der Waals surface area contributed by atoms with Gasteiger partial charge < -0.3 is 24.4 Å². The highest BCUT2D eigenvalue weighted by molar-refractivity contribution is 5.80. The van der Waals surface area contributed by atoms with Crippen LogP contribution < -0.4 is 14.2 Å². The van der Waals surface area contributed by atoms with Gasteiger partial charge >= 0.3 is 5.97 Å². The summed E-state index contributed by atoms with van der Waals surface area (Å²) in [4.78, 5) is 11.1. The molecular weight excluding hydrogens is 515 g/mol. The van der Waals surface area contributed by atoms with Crippen molar-refractivity contribution in [1.82, 2.24) is 9.78 Å². The third-order valence-electron chi connectivity index (χ3n) is 7.58. The number of aliphatic hydroxyl groups is 1. The van der Waals surface area contributed by atoms with Gasteiger partial charge in [0.25, 0.3) is 0 Å². The summed E-state index contributed by atoms with van der Waals surface area (Å²) in [6.45, 7) is 4.43. The molecule has 0 spiro atoms. The molecule has 8 nitrogen and oxygen atoms in total. The van der Waals surface area contributed by atoms with E-state index < -0.39 is 17.7 Å². The molecule has 1 aromatic heterocycles. The summed E-state index contributed by atoms with van der Waals surface area (Å²) in [5.74, 6) is 0.948. The summed E-state index contributed by atoms with van der Waals surface area (Å²) < 4.78 is 35.2. The number of aromatic nitrogens is 2. The van der Waals surface area contributed by atoms with Gasteiger partial charge in [-0.15, -0.1) is 0 Å². The van der Waals surface area contributed by atoms with Crippen LogP contribution >= 0.6 is 0 Å². The first-order chi connectivity index (χ1) is 19.1. The van der Waals surface area contributed by atoms with Gasteiger partial charge in [0.15, 0.2) is 0 Å². The van der Waals surface area contributed by atoms with Crippen LogP contribution in [0.25, 0.3) is 10.9 Å². The second-order valence-corrected chi connectivity index (χ2v) is 11.1. The Hall–Kier alpha value is -4.11. The van der Waals surface area contributed by atoms with E-state index in [1.54, 1.807) is 38.2 Å². The maximum absolute atomic E-state index is 15.1. The number of carboxylic acid groups (broad SMARTS) is 1. The molecule has 0 radical (unpaired) electrons. The highest BCUT2D eigenvalue weighted by Gasteiger charge is 2.32. The van der Waals surface area contributed by atoms with Crippen LogP contribution in [-0.4, -0.2) is 38.2 Å². The molecule has 40 heavy (non-hydrogen) atoms. The van der Waals surface area contributed by atoms with Crippen molar-refractivity contribution in [3.8, 4) is 23.0 Å². The fraction of sp³-hybridized carbons (Fsp3) is 0.355. The number of halogens is 1. The van der Waals surface area contributed by atoms with Crippen LogP contribution in [0.3, 0.4) is 0 Å². The first-order valence-corrected chi connectivity index (χ1v) is 13.5. The highest BCUT2D eigenvalue weighted by atomic mass is 19.1. The predicted molar refractivity (Wildman–Crippen MR) is 146 cm³/mol. The molecule has 0 saturated heterocycles. The number of rotatable bonds is 9. The average molecular weight is 547 g/mol. The number of hydrogen-bond acceptors (Lipinski definition) is 6. The van der Waals surface area contributed by atoms with E-state index in [-0.39, 0.29) is 18.2 Å². The molecule has 0 amide bonds. The lowest BCUT2D eigenvalue weighted by Crippen LogP contribution is -2.21. The fourth-order valence-electron chi connectivity index (χ4n) is 5.53. The van der Waals surface area contributed by atoms with Crippen LogP contribution in [-0.2, 0) is 17.8 Å². The lowest BCUT2D eigenvalue weighted by atomic mass is 9.98. The van der Waals surface area contributed by atoms with E-state index in [1.165, 1.54) is 6.07 Å². The van der Waals surface area contributed by atoms with E-state index in [9.17, 15) is 9.90 Å². The van der Waals surface area contributed by atoms with Crippen molar-refractivity contribution in [2.45, 2.75) is 63.7 Å². The highest BCUT2D eigenvalue weighted by Crippen LogP contribution is 2.44. The molecule has 3 aromatic carbocycles. The molecular formula is C31H31FN2O6. The number of aliphatic carboxylic acids is 1. The zero-order valence-electron chi connectivity index (χ0n) is 22.4. The second-order valence-electron chi connectivity index (χ2n) is 11.1. The largest absolute Gasteiger partial charge is 0.492 e. The number of carbonyl (C=O) groups is 1. The zero-order valence-corrected chi connectivity index (χ0v) is 22.4. The van der Waals surface area contributed by atoms with Gasteiger partial charge in [0, 0.05) is 46.7 Å². The lowest BCUT2D eigenvalue weighted by molar-refractivity contribution is -0.137. The summed E-state index contributed by atoms with van der Waals surface area (Å²) >= 11 is 0. The maximum atomic E-state index is 15.1. The van der Waals surface area contributed by atoms with Crippen LogP contribution in [0.15, 0.2) is 54.7 Å². The number of hydrogen-bond donors (Lipinski definition) is 2. The molecule has 1 aliphatic carbocycles. The third kappa shape index (κ3) is 5.21. The van der Waals surface area contributed by atoms with Crippen LogP contribution in [0.5, 0.6) is 23.0 Å². The van der Waals surface area contributed by atoms with Crippen LogP contribution in [0.4, 0.5) is 4.39 Å². The van der Waals surface area contributed by atoms with E-state index in [2.05, 4.69) is 5.10 Å². The number of aryl methyl sites for hydroxylation is 1. The fourth-order valence-corrected chi connectivity index (χ4v) is 5.53. The second kappa shape index (κ2) is 10.1. The van der Waals surface area contributed by atoms with Crippen molar-refractivity contribution in [3.63, 3.8) is 0 Å². The molecule has 2 heterocycles. The van der Waals surface area contributed by atoms with Crippen LogP contribution in [0.2, 0.25) is 0 Å². The monoisotopic (exact) mass is 546 g/mol. The van der Waals surface area contributed by atoms with Gasteiger partial charge in [0.05, 0.1) is 30.3 Å². The van der Waals surface area contributed by atoms with E-state index in [0.717, 1.165) is 22.0 Å². The summed E-state index contributed by atoms with van der Waals surface area (Å²) in [5.41, 5.74) is 2.21. The molecule has 0 bridgehead atoms. The van der Waals surface area contributed by atoms with Crippen LogP contribution in [0, 0.1) is 5.82 Å². The summed E-state index contributed by atoms with van der Waals surface area (Å²) in [5, 5.41) is 24.7. The Balaban J connectivity index is 1.22. The molecule has 0 saturated carbocycles. The van der Waals surface area contributed by atoms with Gasteiger partial charge in [-0.25, -0.2) is 4.39 Å². The predicted octanol–water partition coefficient (Wildman–Crippen LogP) is 6.15. The van der Waals surface area contributed by atoms with E-state index >= 15 is 4.39 Å². The van der Waals surface area contributed by atoms with Gasteiger partial charge in [-0.05, 0) is 63.4 Å². The first kappa shape index (κ1) is 26.1. The normalized spacial score (nSPS) is 17.9. The molecule has 2 aliphatic rings. The minimum absolute atomic E-state index is 0.00725. The Morgan fingerprint density at radius 3 is 2.80 bits per heavy atom. The van der Waals surface area contributed by atoms with Crippen molar-refractivity contribution < 1.29 is 33.6 Å². The van der Waals surface area contributed by atoms with E-state index in [0.29, 0.717) is 61.0 Å². The van der Waals surface area contributed by atoms with Crippen molar-refractivity contribution in [1.29, 1.82) is 0 Å². The maximum Gasteiger partial charge on any atom is 0.304 e. The number of fused-ring (bicyclic) bond motifs is 3. The Morgan fingerprint density at radius 2 is 2.00 bits per heavy atom. The summed E-state index contributed by atoms with van der Waals surface area (Å²) in [7, 11) is 0. The molecule has 0 fully saturated rings. The number of benzene rings is 3. The Morgan fingerprint density at radius 1 is 1.18 bits per heavy atom. The molecule has 9 heteroatoms. The quantitative estimate of drug-likeness (QED) is 0.260. The third-order valence-corrected chi connectivity index (χ3v) is 7.58. The number of nitrogens with zero attached hydrogens (tertiary/aromatic N) is 2. The Bertz CT molecular complexity index is 1590. The van der Waals surface area contributed by atoms with Gasteiger partial charge in [-0.2, -0.15) is 5.10 Å². The van der Waals surface area contributed by atoms with Crippen molar-refractivity contribution in [3.05, 3.63) is 77.2 Å². The topological polar surface area (TPSA) is 103 Å². The molecule has 4 aromatic rings. The number of carboxylic acids is 1. The minimum atomic E-state index is -0.867. The molecule has 0 unspecified atom stereocenters. The smallest absolute Gasteiger partial charge is 0.304 e. The SMILES string of the molecule is CC(C)(O)CCn1ncc2ccc(Oc3ccc(F)c4c3CC[C@H]4Oc3ccc4c(c3)OC[C@H]4CC(=O)O)cc21. The standard InChI is InChI=1S/C31H31FN2O6/c1-31(2,37)11-12-34-25-14-20(4-3-18(25)16-33-34)39-26-10-8-24(32)30-23(26)7-9-27(30)40-21-5-6-22-19(13-29(35)36)17-38-28(22)15-21/h3-6,8,10,14-16,19,27,37H,7,9,11-13,17H2,1-2H3,(H,35,36)/t19-,27-/m1/s1. The molecule has 6 rings (SSSR count). The van der Waals surface area contributed by atoms with Crippen molar-refractivity contribution in [2.24, 2.45) is 0 Å². The van der Waals surface area contributed by atoms with Gasteiger partial charge in [0.1, 0.15) is 34.9 Å². The number of ether oxygens (including phenoxy) is 3. The molecule has 208 valence electrons. The van der Waals surface area contributed by atoms with Gasteiger partial charge in [-0.3, -0.25) is 9.48 Å². The van der Waals surface area contributed by atoms with Crippen molar-refractivity contribution in [2.75, 3.05) is 6.61 Å². The lowest BCUT2D eigenvalue weighted by Gasteiger charge is -2.18. The van der Waals surface area contributed by atoms with E-state index in [4.69, 9.17) is 19.3 Å². The van der Waals surface area contributed by atoms with Gasteiger partial charge in [-0.1, -0.05) is 6.07 Å². The van der Waals surface area contributed by atoms with Gasteiger partial charge in [0.2, 0.25) is 0 Å². The zero-order chi connectivity index (χ0) is 28.0. The minimum Gasteiger partial charge on any atom is -0.492 e. The first-order valence-electron chi connectivity index (χ1n) is 13.5. The summed E-state index contributed by atoms with van der Waals surface area (Å²) in [6, 6.07) is 14.1. The molecule has 2 N–H and O–H groups in total. The van der Waals surface area contributed by atoms with Crippen molar-refractivity contribution >= 4 is 16.9 Å². The summed E-state index contributed by atoms with van der Waals surface area (Å²) in [6.07, 6.45) is 3.06. The van der Waals surface area contributed by atoms with Crippen LogP contribution in [0.1, 0.15) is 61.8 Å². The average Bonchev–Trinajstić information content (AvgIpc) is 3.61. The Labute approximate surface area is 230 Å². The van der Waals surface area contributed by atoms with E-state index in [1.807, 2.05) is 28.9 Å².